The molecule has 1 N–H and O–H groups in total. The van der Waals surface area contributed by atoms with Crippen molar-refractivity contribution in [3.05, 3.63) is 41.7 Å². The Balaban J connectivity index is 2.01. The van der Waals surface area contributed by atoms with E-state index in [2.05, 4.69) is 10.5 Å². The Morgan fingerprint density at radius 1 is 1.32 bits per heavy atom. The summed E-state index contributed by atoms with van der Waals surface area (Å²) in [5.74, 6) is -2.65. The minimum Gasteiger partial charge on any atom is -0.360 e. The maximum atomic E-state index is 13.5. The number of carbonyl (C=O) groups excluding carboxylic acids is 1. The minimum absolute atomic E-state index is 0.160. The van der Waals surface area contributed by atoms with Crippen molar-refractivity contribution in [2.75, 3.05) is 11.1 Å². The second-order valence-corrected chi connectivity index (χ2v) is 6.59. The number of hydrogen-bond acceptors (Lipinski definition) is 5. The lowest BCUT2D eigenvalue weighted by molar-refractivity contribution is -0.115. The molecule has 1 aromatic carbocycles. The highest BCUT2D eigenvalue weighted by Gasteiger charge is 2.21. The van der Waals surface area contributed by atoms with E-state index in [4.69, 9.17) is 4.52 Å². The molecule has 2 rings (SSSR count). The standard InChI is InChI=1S/C13H12F2N2O4S/c1-8-6-12(17-21-8)16-13(18)4-5-22(19,20)11-3-2-9(14)7-10(11)15/h2-3,6-7H,4-5H2,1H3,(H,16,17,18). The summed E-state index contributed by atoms with van der Waals surface area (Å²) in [6.07, 6.45) is -0.398. The number of nitrogens with one attached hydrogen (secondary N) is 1. The molecule has 0 saturated heterocycles. The van der Waals surface area contributed by atoms with Crippen LogP contribution >= 0.6 is 0 Å². The van der Waals surface area contributed by atoms with Gasteiger partial charge in [-0.05, 0) is 19.1 Å². The first-order chi connectivity index (χ1) is 10.3. The smallest absolute Gasteiger partial charge is 0.226 e. The van der Waals surface area contributed by atoms with E-state index < -0.39 is 44.4 Å². The average molecular weight is 330 g/mol. The molecule has 0 radical (unpaired) electrons. The van der Waals surface area contributed by atoms with Gasteiger partial charge >= 0.3 is 0 Å². The van der Waals surface area contributed by atoms with Gasteiger partial charge in [0.2, 0.25) is 5.91 Å². The van der Waals surface area contributed by atoms with Crippen molar-refractivity contribution in [2.45, 2.75) is 18.2 Å². The highest BCUT2D eigenvalue weighted by molar-refractivity contribution is 7.91. The van der Waals surface area contributed by atoms with E-state index >= 15 is 0 Å². The largest absolute Gasteiger partial charge is 0.360 e. The number of sulfone groups is 1. The van der Waals surface area contributed by atoms with Gasteiger partial charge in [-0.2, -0.15) is 0 Å². The molecule has 2 aromatic rings. The second kappa shape index (κ2) is 6.22. The summed E-state index contributed by atoms with van der Waals surface area (Å²) in [6, 6.07) is 3.62. The van der Waals surface area contributed by atoms with Crippen LogP contribution in [0.5, 0.6) is 0 Å². The topological polar surface area (TPSA) is 89.3 Å². The first-order valence-electron chi connectivity index (χ1n) is 6.19. The Bertz CT molecular complexity index is 802. The fraction of sp³-hybridized carbons (Fsp3) is 0.231. The molecular formula is C13H12F2N2O4S. The van der Waals surface area contributed by atoms with Gasteiger partial charge in [0.1, 0.15) is 22.3 Å². The van der Waals surface area contributed by atoms with Crippen molar-refractivity contribution in [1.82, 2.24) is 5.16 Å². The number of aromatic nitrogens is 1. The van der Waals surface area contributed by atoms with Gasteiger partial charge in [-0.3, -0.25) is 4.79 Å². The molecular weight excluding hydrogens is 318 g/mol. The lowest BCUT2D eigenvalue weighted by Gasteiger charge is -2.05. The van der Waals surface area contributed by atoms with Crippen LogP contribution in [0.4, 0.5) is 14.6 Å². The quantitative estimate of drug-likeness (QED) is 0.848. The maximum Gasteiger partial charge on any atom is 0.226 e. The number of halogens is 2. The highest BCUT2D eigenvalue weighted by atomic mass is 32.2. The molecule has 0 atom stereocenters. The molecule has 0 aliphatic carbocycles. The zero-order valence-corrected chi connectivity index (χ0v) is 12.3. The summed E-state index contributed by atoms with van der Waals surface area (Å²) in [6.45, 7) is 1.63. The lowest BCUT2D eigenvalue weighted by atomic mass is 10.3. The molecule has 9 heteroatoms. The van der Waals surface area contributed by atoms with Crippen LogP contribution in [-0.2, 0) is 14.6 Å². The first kappa shape index (κ1) is 16.1. The van der Waals surface area contributed by atoms with E-state index in [0.717, 1.165) is 12.1 Å². The molecule has 0 fully saturated rings. The van der Waals surface area contributed by atoms with Gasteiger partial charge in [0.05, 0.1) is 5.75 Å². The van der Waals surface area contributed by atoms with E-state index in [9.17, 15) is 22.0 Å². The van der Waals surface area contributed by atoms with Crippen LogP contribution in [0.15, 0.2) is 33.7 Å². The van der Waals surface area contributed by atoms with Crippen LogP contribution in [-0.4, -0.2) is 25.2 Å². The van der Waals surface area contributed by atoms with E-state index in [1.807, 2.05) is 0 Å². The van der Waals surface area contributed by atoms with Gasteiger partial charge in [0, 0.05) is 18.6 Å². The van der Waals surface area contributed by atoms with Crippen molar-refractivity contribution in [3.8, 4) is 0 Å². The maximum absolute atomic E-state index is 13.5. The average Bonchev–Trinajstić information content (AvgIpc) is 2.81. The molecule has 1 heterocycles. The summed E-state index contributed by atoms with van der Waals surface area (Å²) in [4.78, 5) is 11.0. The van der Waals surface area contributed by atoms with Crippen LogP contribution < -0.4 is 5.32 Å². The molecule has 22 heavy (non-hydrogen) atoms. The van der Waals surface area contributed by atoms with Gasteiger partial charge in [0.25, 0.3) is 0 Å². The molecule has 1 aromatic heterocycles. The molecule has 0 spiro atoms. The van der Waals surface area contributed by atoms with Crippen LogP contribution in [0, 0.1) is 18.6 Å². The molecule has 6 nitrogen and oxygen atoms in total. The number of hydrogen-bond donors (Lipinski definition) is 1. The molecule has 0 aliphatic heterocycles. The van der Waals surface area contributed by atoms with Crippen molar-refractivity contribution in [1.29, 1.82) is 0 Å². The van der Waals surface area contributed by atoms with Crippen molar-refractivity contribution < 1.29 is 26.5 Å². The molecule has 118 valence electrons. The summed E-state index contributed by atoms with van der Waals surface area (Å²) in [7, 11) is -4.04. The van der Waals surface area contributed by atoms with Crippen LogP contribution in [0.2, 0.25) is 0 Å². The van der Waals surface area contributed by atoms with Crippen LogP contribution in [0.25, 0.3) is 0 Å². The third-order valence-corrected chi connectivity index (χ3v) is 4.47. The number of benzene rings is 1. The molecule has 0 saturated carbocycles. The SMILES string of the molecule is Cc1cc(NC(=O)CCS(=O)(=O)c2ccc(F)cc2F)no1. The Morgan fingerprint density at radius 3 is 2.64 bits per heavy atom. The summed E-state index contributed by atoms with van der Waals surface area (Å²) < 4.78 is 54.9. The number of nitrogens with zero attached hydrogens (tertiary/aromatic N) is 1. The molecule has 1 amide bonds. The Kier molecular flexibility index (Phi) is 4.55. The van der Waals surface area contributed by atoms with Crippen molar-refractivity contribution in [2.24, 2.45) is 0 Å². The predicted molar refractivity (Wildman–Crippen MR) is 72.9 cm³/mol. The zero-order valence-electron chi connectivity index (χ0n) is 11.5. The van der Waals surface area contributed by atoms with Gasteiger partial charge < -0.3 is 9.84 Å². The van der Waals surface area contributed by atoms with E-state index in [1.54, 1.807) is 6.92 Å². The fourth-order valence-electron chi connectivity index (χ4n) is 1.70. The normalized spacial score (nSPS) is 11.4. The van der Waals surface area contributed by atoms with Gasteiger partial charge in [-0.25, -0.2) is 17.2 Å². The molecule has 0 bridgehead atoms. The summed E-state index contributed by atoms with van der Waals surface area (Å²) in [5.41, 5.74) is 0. The van der Waals surface area contributed by atoms with Crippen LogP contribution in [0.1, 0.15) is 12.2 Å². The van der Waals surface area contributed by atoms with Crippen LogP contribution in [0.3, 0.4) is 0 Å². The Labute approximate surface area is 125 Å². The van der Waals surface area contributed by atoms with Gasteiger partial charge in [-0.1, -0.05) is 5.16 Å². The van der Waals surface area contributed by atoms with E-state index in [1.165, 1.54) is 6.07 Å². The molecule has 0 aliphatic rings. The van der Waals surface area contributed by atoms with Gasteiger partial charge in [-0.15, -0.1) is 0 Å². The van der Waals surface area contributed by atoms with Gasteiger partial charge in [0.15, 0.2) is 15.7 Å². The summed E-state index contributed by atoms with van der Waals surface area (Å²) >= 11 is 0. The Hall–Kier alpha value is -2.29. The van der Waals surface area contributed by atoms with Crippen molar-refractivity contribution in [3.63, 3.8) is 0 Å². The number of aryl methyl sites for hydroxylation is 1. The summed E-state index contributed by atoms with van der Waals surface area (Å²) in [5, 5.41) is 5.87. The first-order valence-corrected chi connectivity index (χ1v) is 7.84. The zero-order chi connectivity index (χ0) is 16.3. The number of amides is 1. The fourth-order valence-corrected chi connectivity index (χ4v) is 3.00. The monoisotopic (exact) mass is 330 g/mol. The Morgan fingerprint density at radius 2 is 2.05 bits per heavy atom. The third-order valence-electron chi connectivity index (χ3n) is 2.72. The van der Waals surface area contributed by atoms with E-state index in [0.29, 0.717) is 11.8 Å². The molecule has 0 unspecified atom stereocenters. The lowest BCUT2D eigenvalue weighted by Crippen LogP contribution is -2.18. The number of carbonyl (C=O) groups is 1. The highest BCUT2D eigenvalue weighted by Crippen LogP contribution is 2.18. The number of anilines is 1. The van der Waals surface area contributed by atoms with E-state index in [-0.39, 0.29) is 5.82 Å². The predicted octanol–water partition coefficient (Wildman–Crippen LogP) is 2.06. The van der Waals surface area contributed by atoms with Crippen molar-refractivity contribution >= 4 is 21.6 Å². The second-order valence-electron chi connectivity index (χ2n) is 4.51. The minimum atomic E-state index is -4.04. The number of rotatable bonds is 5. The third kappa shape index (κ3) is 3.88.